The monoisotopic (exact) mass is 416 g/mol. The highest BCUT2D eigenvalue weighted by Crippen LogP contribution is 2.38. The molecule has 0 saturated heterocycles. The van der Waals surface area contributed by atoms with Crippen molar-refractivity contribution < 1.29 is 8.42 Å². The van der Waals surface area contributed by atoms with Gasteiger partial charge in [-0.2, -0.15) is 0 Å². The molecule has 0 fully saturated rings. The third kappa shape index (κ3) is 3.64. The van der Waals surface area contributed by atoms with Crippen LogP contribution in [0.15, 0.2) is 59.9 Å². The third-order valence-corrected chi connectivity index (χ3v) is 6.47. The number of hydrogen-bond acceptors (Lipinski definition) is 7. The first-order valence-corrected chi connectivity index (χ1v) is 10.9. The number of thiophene rings is 1. The Kier molecular flexibility index (Phi) is 4.55. The standard InChI is InChI=1S/C18H13ClN4O2S2/c1-27(24,25)12-6-4-11(5-7-12)23-18-16-14(21-10-22-18)9-15(26-16)13-3-2-8-20-17(13)19/h2-10H,1H3,(H,21,22,23). The lowest BCUT2D eigenvalue weighted by atomic mass is 10.2. The summed E-state index contributed by atoms with van der Waals surface area (Å²) in [6, 6.07) is 12.2. The lowest BCUT2D eigenvalue weighted by Gasteiger charge is -2.07. The van der Waals surface area contributed by atoms with Crippen LogP contribution >= 0.6 is 22.9 Å². The van der Waals surface area contributed by atoms with Gasteiger partial charge in [-0.1, -0.05) is 11.6 Å². The van der Waals surface area contributed by atoms with E-state index in [0.29, 0.717) is 11.0 Å². The smallest absolute Gasteiger partial charge is 0.175 e. The molecular weight excluding hydrogens is 404 g/mol. The Morgan fingerprint density at radius 1 is 1.07 bits per heavy atom. The minimum absolute atomic E-state index is 0.269. The first-order valence-electron chi connectivity index (χ1n) is 7.84. The van der Waals surface area contributed by atoms with Crippen molar-refractivity contribution in [3.8, 4) is 10.4 Å². The molecule has 0 amide bonds. The van der Waals surface area contributed by atoms with E-state index in [2.05, 4.69) is 20.3 Å². The molecule has 0 unspecified atom stereocenters. The predicted molar refractivity (Wildman–Crippen MR) is 108 cm³/mol. The number of pyridine rings is 1. The van der Waals surface area contributed by atoms with Gasteiger partial charge < -0.3 is 5.32 Å². The SMILES string of the molecule is CS(=O)(=O)c1ccc(Nc2ncnc3cc(-c4cccnc4Cl)sc23)cc1. The van der Waals surface area contributed by atoms with Crippen molar-refractivity contribution in [2.75, 3.05) is 11.6 Å². The van der Waals surface area contributed by atoms with Crippen LogP contribution in [-0.4, -0.2) is 29.6 Å². The molecule has 6 nitrogen and oxygen atoms in total. The summed E-state index contributed by atoms with van der Waals surface area (Å²) >= 11 is 7.71. The molecule has 0 spiro atoms. The van der Waals surface area contributed by atoms with Crippen LogP contribution in [0.3, 0.4) is 0 Å². The molecule has 136 valence electrons. The number of aromatic nitrogens is 3. The maximum atomic E-state index is 11.6. The number of halogens is 1. The van der Waals surface area contributed by atoms with Gasteiger partial charge in [-0.3, -0.25) is 0 Å². The van der Waals surface area contributed by atoms with Crippen LogP contribution in [0.2, 0.25) is 5.15 Å². The van der Waals surface area contributed by atoms with Crippen LogP contribution in [0.25, 0.3) is 20.7 Å². The van der Waals surface area contributed by atoms with E-state index in [0.717, 1.165) is 26.3 Å². The minimum atomic E-state index is -3.23. The Morgan fingerprint density at radius 3 is 2.56 bits per heavy atom. The molecule has 4 rings (SSSR count). The number of fused-ring (bicyclic) bond motifs is 1. The largest absolute Gasteiger partial charge is 0.339 e. The summed E-state index contributed by atoms with van der Waals surface area (Å²) in [7, 11) is -3.23. The average Bonchev–Trinajstić information content (AvgIpc) is 3.07. The van der Waals surface area contributed by atoms with Crippen molar-refractivity contribution in [1.29, 1.82) is 0 Å². The summed E-state index contributed by atoms with van der Waals surface area (Å²) in [5.74, 6) is 0.642. The Hall–Kier alpha value is -2.55. The lowest BCUT2D eigenvalue weighted by Crippen LogP contribution is -1.98. The summed E-state index contributed by atoms with van der Waals surface area (Å²) in [5.41, 5.74) is 2.36. The highest BCUT2D eigenvalue weighted by atomic mass is 35.5. The Balaban J connectivity index is 1.71. The number of benzene rings is 1. The first kappa shape index (κ1) is 17.8. The van der Waals surface area contributed by atoms with Gasteiger partial charge in [-0.25, -0.2) is 23.4 Å². The molecule has 0 aliphatic rings. The molecule has 1 aromatic carbocycles. The zero-order valence-corrected chi connectivity index (χ0v) is 16.4. The topological polar surface area (TPSA) is 84.8 Å². The van der Waals surface area contributed by atoms with Gasteiger partial charge in [0.2, 0.25) is 0 Å². The molecule has 0 atom stereocenters. The highest BCUT2D eigenvalue weighted by molar-refractivity contribution is 7.90. The maximum absolute atomic E-state index is 11.6. The molecule has 0 radical (unpaired) electrons. The Labute approximate surface area is 164 Å². The van der Waals surface area contributed by atoms with Crippen LogP contribution < -0.4 is 5.32 Å². The fourth-order valence-corrected chi connectivity index (χ4v) is 4.56. The average molecular weight is 417 g/mol. The van der Waals surface area contributed by atoms with E-state index in [1.165, 1.54) is 23.9 Å². The van der Waals surface area contributed by atoms with Crippen LogP contribution in [0, 0.1) is 0 Å². The lowest BCUT2D eigenvalue weighted by molar-refractivity contribution is 0.602. The Morgan fingerprint density at radius 2 is 1.85 bits per heavy atom. The number of hydrogen-bond donors (Lipinski definition) is 1. The first-order chi connectivity index (χ1) is 12.9. The van der Waals surface area contributed by atoms with Gasteiger partial charge in [-0.15, -0.1) is 11.3 Å². The zero-order chi connectivity index (χ0) is 19.0. The molecule has 27 heavy (non-hydrogen) atoms. The second-order valence-electron chi connectivity index (χ2n) is 5.81. The van der Waals surface area contributed by atoms with Crippen molar-refractivity contribution in [2.24, 2.45) is 0 Å². The van der Waals surface area contributed by atoms with Gasteiger partial charge in [0.25, 0.3) is 0 Å². The molecule has 1 N–H and O–H groups in total. The van der Waals surface area contributed by atoms with Gasteiger partial charge in [0.1, 0.15) is 11.5 Å². The van der Waals surface area contributed by atoms with Gasteiger partial charge in [-0.05, 0) is 42.5 Å². The van der Waals surface area contributed by atoms with E-state index in [1.54, 1.807) is 30.5 Å². The predicted octanol–water partition coefficient (Wildman–Crippen LogP) is 4.55. The highest BCUT2D eigenvalue weighted by Gasteiger charge is 2.13. The van der Waals surface area contributed by atoms with Gasteiger partial charge in [0, 0.05) is 28.6 Å². The summed E-state index contributed by atoms with van der Waals surface area (Å²) in [5, 5.41) is 3.65. The third-order valence-electron chi connectivity index (χ3n) is 3.88. The van der Waals surface area contributed by atoms with Crippen LogP contribution in [0.1, 0.15) is 0 Å². The summed E-state index contributed by atoms with van der Waals surface area (Å²) in [4.78, 5) is 14.0. The van der Waals surface area contributed by atoms with Crippen molar-refractivity contribution in [3.05, 3.63) is 60.1 Å². The van der Waals surface area contributed by atoms with Crippen molar-refractivity contribution in [1.82, 2.24) is 15.0 Å². The minimum Gasteiger partial charge on any atom is -0.339 e. The van der Waals surface area contributed by atoms with E-state index >= 15 is 0 Å². The zero-order valence-electron chi connectivity index (χ0n) is 14.0. The molecule has 3 heterocycles. The van der Waals surface area contributed by atoms with Gasteiger partial charge >= 0.3 is 0 Å². The molecule has 0 aliphatic carbocycles. The normalized spacial score (nSPS) is 11.6. The van der Waals surface area contributed by atoms with Crippen LogP contribution in [0.5, 0.6) is 0 Å². The second kappa shape index (κ2) is 6.88. The fraction of sp³-hybridized carbons (Fsp3) is 0.0556. The summed E-state index contributed by atoms with van der Waals surface area (Å²) < 4.78 is 24.0. The Bertz CT molecular complexity index is 1240. The van der Waals surface area contributed by atoms with E-state index in [1.807, 2.05) is 18.2 Å². The number of nitrogens with zero attached hydrogens (tertiary/aromatic N) is 3. The fourth-order valence-electron chi connectivity index (χ4n) is 2.57. The van der Waals surface area contributed by atoms with Crippen molar-refractivity contribution >= 4 is 54.5 Å². The molecule has 4 aromatic rings. The summed E-state index contributed by atoms with van der Waals surface area (Å²) in [6.45, 7) is 0. The van der Waals surface area contributed by atoms with Crippen LogP contribution in [-0.2, 0) is 9.84 Å². The molecular formula is C18H13ClN4O2S2. The van der Waals surface area contributed by atoms with E-state index in [4.69, 9.17) is 11.6 Å². The number of anilines is 2. The number of sulfone groups is 1. The molecule has 0 saturated carbocycles. The maximum Gasteiger partial charge on any atom is 0.175 e. The van der Waals surface area contributed by atoms with E-state index in [9.17, 15) is 8.42 Å². The molecule has 3 aromatic heterocycles. The van der Waals surface area contributed by atoms with Crippen molar-refractivity contribution in [3.63, 3.8) is 0 Å². The quantitative estimate of drug-likeness (QED) is 0.491. The number of rotatable bonds is 4. The van der Waals surface area contributed by atoms with E-state index in [-0.39, 0.29) is 4.90 Å². The number of nitrogens with one attached hydrogen (secondary N) is 1. The summed E-state index contributed by atoms with van der Waals surface area (Å²) in [6.07, 6.45) is 4.31. The van der Waals surface area contributed by atoms with Gasteiger partial charge in [0.05, 0.1) is 15.1 Å². The van der Waals surface area contributed by atoms with E-state index < -0.39 is 9.84 Å². The van der Waals surface area contributed by atoms with Crippen molar-refractivity contribution in [2.45, 2.75) is 4.90 Å². The van der Waals surface area contributed by atoms with Crippen LogP contribution in [0.4, 0.5) is 11.5 Å². The molecule has 0 bridgehead atoms. The van der Waals surface area contributed by atoms with Gasteiger partial charge in [0.15, 0.2) is 15.7 Å². The molecule has 0 aliphatic heterocycles. The molecule has 9 heteroatoms. The second-order valence-corrected chi connectivity index (χ2v) is 9.24.